The lowest BCUT2D eigenvalue weighted by atomic mass is 10.1. The standard InChI is InChI=1S/C12H11N6O5/c19-10(5-8-11(20)14-12(21)17-15-8)16-13-6-7-3-1-2-4-9(7)18(22)23/h1-4,6H,5H2,(H4-,13,14,15,16,17,19,20,21,22,23)/q-1. The van der Waals surface area contributed by atoms with Crippen LogP contribution in [-0.4, -0.2) is 31.7 Å². The number of rotatable bonds is 4. The van der Waals surface area contributed by atoms with Crippen molar-refractivity contribution in [2.45, 2.75) is 6.42 Å². The molecule has 0 aliphatic heterocycles. The van der Waals surface area contributed by atoms with Crippen LogP contribution in [0.1, 0.15) is 5.69 Å². The highest BCUT2D eigenvalue weighted by Crippen LogP contribution is 2.06. The third kappa shape index (κ3) is 4.17. The fraction of sp³-hybridized carbons (Fsp3) is 0.0833. The molecule has 0 saturated carbocycles. The highest BCUT2D eigenvalue weighted by atomic mass is 16.8. The van der Waals surface area contributed by atoms with E-state index >= 15 is 0 Å². The molecular weight excluding hydrogens is 308 g/mol. The van der Waals surface area contributed by atoms with E-state index in [4.69, 9.17) is 0 Å². The van der Waals surface area contributed by atoms with Crippen molar-refractivity contribution in [2.24, 2.45) is 0 Å². The molecule has 2 rings (SSSR count). The molecule has 1 aliphatic carbocycles. The molecule has 23 heavy (non-hydrogen) atoms. The van der Waals surface area contributed by atoms with Gasteiger partial charge in [-0.2, -0.15) is 10.0 Å². The molecule has 0 radical (unpaired) electrons. The van der Waals surface area contributed by atoms with E-state index in [-0.39, 0.29) is 23.4 Å². The predicted octanol–water partition coefficient (Wildman–Crippen LogP) is -1.92. The van der Waals surface area contributed by atoms with Gasteiger partial charge in [-0.1, -0.05) is 12.2 Å². The summed E-state index contributed by atoms with van der Waals surface area (Å²) in [7, 11) is 0. The van der Waals surface area contributed by atoms with Crippen LogP contribution in [0.5, 0.6) is 0 Å². The number of hydrogen-bond acceptors (Lipinski definition) is 7. The Labute approximate surface area is 127 Å². The molecule has 4 N–H and O–H groups in total. The fourth-order valence-corrected chi connectivity index (χ4v) is 1.66. The number of aromatic nitrogens is 3. The zero-order valence-electron chi connectivity index (χ0n) is 11.5. The number of amides is 1. The van der Waals surface area contributed by atoms with E-state index in [1.807, 2.05) is 10.1 Å². The molecule has 0 aromatic carbocycles. The topological polar surface area (TPSA) is 169 Å². The van der Waals surface area contributed by atoms with Crippen LogP contribution >= 0.6 is 0 Å². The highest BCUT2D eigenvalue weighted by molar-refractivity contribution is 6.08. The van der Waals surface area contributed by atoms with Gasteiger partial charge in [-0.15, -0.1) is 0 Å². The normalized spacial score (nSPS) is 14.8. The van der Waals surface area contributed by atoms with Crippen LogP contribution in [0.2, 0.25) is 0 Å². The van der Waals surface area contributed by atoms with Crippen molar-refractivity contribution in [1.82, 2.24) is 26.0 Å². The number of aromatic amines is 2. The minimum Gasteiger partial charge on any atom is -0.612 e. The number of nitrogens with zero attached hydrogens (tertiary/aromatic N) is 2. The summed E-state index contributed by atoms with van der Waals surface area (Å²) >= 11 is 0. The number of hydrogen-bond donors (Lipinski definition) is 4. The summed E-state index contributed by atoms with van der Waals surface area (Å²) in [5.74, 6) is -0.620. The molecule has 0 atom stereocenters. The Hall–Kier alpha value is -3.63. The summed E-state index contributed by atoms with van der Waals surface area (Å²) < 4.78 is 0. The Morgan fingerprint density at radius 2 is 2.04 bits per heavy atom. The first-order valence-electron chi connectivity index (χ1n) is 6.26. The van der Waals surface area contributed by atoms with Gasteiger partial charge in [0, 0.05) is 12.3 Å². The van der Waals surface area contributed by atoms with E-state index in [1.165, 1.54) is 24.4 Å². The van der Waals surface area contributed by atoms with Crippen LogP contribution in [0, 0.1) is 10.4 Å². The van der Waals surface area contributed by atoms with Crippen LogP contribution in [0.15, 0.2) is 45.7 Å². The first kappa shape index (κ1) is 15.8. The van der Waals surface area contributed by atoms with Crippen LogP contribution in [0.25, 0.3) is 0 Å². The second-order valence-electron chi connectivity index (χ2n) is 4.28. The van der Waals surface area contributed by atoms with Gasteiger partial charge >= 0.3 is 5.69 Å². The molecule has 1 amide bonds. The predicted molar refractivity (Wildman–Crippen MR) is 78.8 cm³/mol. The molecule has 0 unspecified atom stereocenters. The molecule has 11 nitrogen and oxygen atoms in total. The maximum atomic E-state index is 11.6. The third-order valence-electron chi connectivity index (χ3n) is 2.68. The monoisotopic (exact) mass is 319 g/mol. The van der Waals surface area contributed by atoms with Crippen molar-refractivity contribution in [3.05, 3.63) is 73.0 Å². The molecule has 0 spiro atoms. The summed E-state index contributed by atoms with van der Waals surface area (Å²) in [6, 6.07) is 0. The van der Waals surface area contributed by atoms with E-state index in [9.17, 15) is 24.8 Å². The maximum absolute atomic E-state index is 11.6. The molecule has 120 valence electrons. The molecule has 0 fully saturated rings. The quantitative estimate of drug-likeness (QED) is 0.370. The van der Waals surface area contributed by atoms with Crippen molar-refractivity contribution in [1.29, 1.82) is 0 Å². The van der Waals surface area contributed by atoms with Gasteiger partial charge in [-0.3, -0.25) is 20.0 Å². The van der Waals surface area contributed by atoms with Gasteiger partial charge in [-0.25, -0.2) is 9.89 Å². The van der Waals surface area contributed by atoms with Crippen LogP contribution < -0.4 is 22.1 Å². The lowest BCUT2D eigenvalue weighted by molar-refractivity contribution is -0.377. The largest absolute Gasteiger partial charge is 0.612 e. The summed E-state index contributed by atoms with van der Waals surface area (Å²) in [6.07, 6.45) is 6.78. The van der Waals surface area contributed by atoms with Crippen molar-refractivity contribution in [2.75, 3.05) is 0 Å². The lowest BCUT2D eigenvalue weighted by Crippen LogP contribution is -2.38. The minimum absolute atomic E-state index is 0.131. The van der Waals surface area contributed by atoms with Crippen molar-refractivity contribution >= 4 is 11.6 Å². The summed E-state index contributed by atoms with van der Waals surface area (Å²) in [5.41, 5.74) is 3.05. The molecule has 1 aliphatic rings. The van der Waals surface area contributed by atoms with E-state index in [0.29, 0.717) is 0 Å². The molecule has 1 aromatic heterocycles. The average Bonchev–Trinajstić information content (AvgIpc) is 2.50. The summed E-state index contributed by atoms with van der Waals surface area (Å²) in [4.78, 5) is 35.2. The van der Waals surface area contributed by atoms with Crippen LogP contribution in [0.3, 0.4) is 0 Å². The fourth-order valence-electron chi connectivity index (χ4n) is 1.66. The number of H-pyrrole nitrogens is 2. The smallest absolute Gasteiger partial charge is 0.342 e. The Bertz CT molecular complexity index is 840. The second-order valence-corrected chi connectivity index (χ2v) is 4.28. The molecule has 11 heteroatoms. The first-order chi connectivity index (χ1) is 11.0. The van der Waals surface area contributed by atoms with E-state index in [0.717, 1.165) is 0 Å². The van der Waals surface area contributed by atoms with E-state index < -0.39 is 22.1 Å². The van der Waals surface area contributed by atoms with Gasteiger partial charge in [-0.05, 0) is 6.08 Å². The zero-order chi connectivity index (χ0) is 16.8. The summed E-state index contributed by atoms with van der Waals surface area (Å²) in [5, 5.41) is 27.1. The Morgan fingerprint density at radius 1 is 1.30 bits per heavy atom. The van der Waals surface area contributed by atoms with Crippen molar-refractivity contribution in [3.63, 3.8) is 0 Å². The van der Waals surface area contributed by atoms with Crippen LogP contribution in [-0.2, 0) is 11.2 Å². The van der Waals surface area contributed by atoms with E-state index in [1.54, 1.807) is 6.08 Å². The van der Waals surface area contributed by atoms with Gasteiger partial charge in [0.15, 0.2) is 0 Å². The highest BCUT2D eigenvalue weighted by Gasteiger charge is 2.11. The first-order valence-corrected chi connectivity index (χ1v) is 6.26. The summed E-state index contributed by atoms with van der Waals surface area (Å²) in [6.45, 7) is 0. The lowest BCUT2D eigenvalue weighted by Gasteiger charge is -2.11. The Balaban J connectivity index is 1.97. The second kappa shape index (κ2) is 6.89. The molecule has 0 saturated heterocycles. The maximum Gasteiger partial charge on any atom is 0.342 e. The molecule has 0 bridgehead atoms. The molecule has 1 heterocycles. The number of hydrazine groups is 1. The number of carbonyl (C=O) groups excluding carboxylic acids is 1. The molecule has 1 aromatic rings. The van der Waals surface area contributed by atoms with Crippen molar-refractivity contribution < 1.29 is 9.70 Å². The number of carbonyl (C=O) groups is 1. The van der Waals surface area contributed by atoms with E-state index in [2.05, 4.69) is 16.0 Å². The van der Waals surface area contributed by atoms with Gasteiger partial charge in [0.2, 0.25) is 11.6 Å². The van der Waals surface area contributed by atoms with Gasteiger partial charge in [0.1, 0.15) is 5.69 Å². The van der Waals surface area contributed by atoms with Crippen molar-refractivity contribution in [3.8, 4) is 0 Å². The van der Waals surface area contributed by atoms with Gasteiger partial charge < -0.3 is 15.8 Å². The average molecular weight is 319 g/mol. The van der Waals surface area contributed by atoms with Gasteiger partial charge in [0.25, 0.3) is 5.56 Å². The SMILES string of the molecule is O=C(Cc1n[nH]c(=O)[nH]c1=O)NNC=C1C=CC=CC1=[N+]([O-])[O-]. The minimum atomic E-state index is -0.776. The zero-order valence-corrected chi connectivity index (χ0v) is 11.5. The van der Waals surface area contributed by atoms with Crippen LogP contribution in [0.4, 0.5) is 0 Å². The van der Waals surface area contributed by atoms with Gasteiger partial charge in [0.05, 0.1) is 12.0 Å². The third-order valence-corrected chi connectivity index (χ3v) is 2.68. The Morgan fingerprint density at radius 3 is 2.74 bits per heavy atom. The number of nitrogens with one attached hydrogen (secondary N) is 4. The Kier molecular flexibility index (Phi) is 4.72. The molecular formula is C12H11N6O5-. The number of allylic oxidation sites excluding steroid dienone is 5.